The van der Waals surface area contributed by atoms with Gasteiger partial charge in [0.1, 0.15) is 10.7 Å². The van der Waals surface area contributed by atoms with Crippen molar-refractivity contribution in [1.82, 2.24) is 10.0 Å². The lowest BCUT2D eigenvalue weighted by molar-refractivity contribution is -0.387. The maximum Gasteiger partial charge on any atom is 0.306 e. The van der Waals surface area contributed by atoms with Crippen molar-refractivity contribution >= 4 is 15.7 Å². The zero-order valence-electron chi connectivity index (χ0n) is 9.81. The van der Waals surface area contributed by atoms with Gasteiger partial charge in [0.05, 0.1) is 4.92 Å². The first kappa shape index (κ1) is 15.4. The Labute approximate surface area is 107 Å². The third kappa shape index (κ3) is 3.66. The van der Waals surface area contributed by atoms with Crippen LogP contribution in [0.1, 0.15) is 0 Å². The van der Waals surface area contributed by atoms with Gasteiger partial charge < -0.3 is 5.32 Å². The van der Waals surface area contributed by atoms with Crippen molar-refractivity contribution in [1.29, 1.82) is 0 Å². The zero-order chi connectivity index (χ0) is 14.6. The number of hydrogen-bond acceptors (Lipinski definition) is 5. The second-order valence-corrected chi connectivity index (χ2v) is 5.23. The molecule has 7 nitrogen and oxygen atoms in total. The minimum absolute atomic E-state index is 0.0382. The number of likely N-dealkylation sites (N-methyl/N-ethyl adjacent to an activating group) is 1. The molecule has 0 radical (unpaired) electrons. The number of benzene rings is 1. The summed E-state index contributed by atoms with van der Waals surface area (Å²) in [5.41, 5.74) is -1.10. The summed E-state index contributed by atoms with van der Waals surface area (Å²) in [5.74, 6) is -2.82. The van der Waals surface area contributed by atoms with E-state index in [-0.39, 0.29) is 19.2 Å². The molecule has 0 fully saturated rings. The lowest BCUT2D eigenvalue weighted by Crippen LogP contribution is -2.31. The molecule has 0 saturated carbocycles. The van der Waals surface area contributed by atoms with E-state index in [1.54, 1.807) is 7.05 Å². The molecule has 1 aromatic carbocycles. The van der Waals surface area contributed by atoms with Gasteiger partial charge in [-0.2, -0.15) is 4.39 Å². The molecule has 0 aliphatic carbocycles. The molecule has 0 unspecified atom stereocenters. The third-order valence-electron chi connectivity index (χ3n) is 2.15. The minimum Gasteiger partial charge on any atom is -0.318 e. The molecule has 0 amide bonds. The Morgan fingerprint density at radius 3 is 2.42 bits per heavy atom. The quantitative estimate of drug-likeness (QED) is 0.448. The second-order valence-electron chi connectivity index (χ2n) is 3.49. The number of nitro benzene ring substituents is 1. The number of rotatable bonds is 6. The molecule has 1 rings (SSSR count). The van der Waals surface area contributed by atoms with Crippen molar-refractivity contribution in [3.63, 3.8) is 0 Å². The molecule has 0 spiro atoms. The van der Waals surface area contributed by atoms with Gasteiger partial charge in [-0.1, -0.05) is 0 Å². The van der Waals surface area contributed by atoms with Crippen LogP contribution in [-0.4, -0.2) is 33.5 Å². The predicted molar refractivity (Wildman–Crippen MR) is 62.1 cm³/mol. The standard InChI is InChI=1S/C9H11F2N3O4S/c1-12-2-3-13-19(17,18)9-5-8(14(15)16)6(10)4-7(9)11/h4-5,12-13H,2-3H2,1H3. The smallest absolute Gasteiger partial charge is 0.306 e. The largest absolute Gasteiger partial charge is 0.318 e. The highest BCUT2D eigenvalue weighted by Gasteiger charge is 2.25. The molecule has 1 aromatic rings. The normalized spacial score (nSPS) is 11.5. The summed E-state index contributed by atoms with van der Waals surface area (Å²) in [6, 6.07) is 0.525. The van der Waals surface area contributed by atoms with Crippen molar-refractivity contribution in [3.8, 4) is 0 Å². The van der Waals surface area contributed by atoms with E-state index in [0.717, 1.165) is 0 Å². The first-order valence-electron chi connectivity index (χ1n) is 5.07. The van der Waals surface area contributed by atoms with Gasteiger partial charge in [0.25, 0.3) is 0 Å². The average molecular weight is 295 g/mol. The fraction of sp³-hybridized carbons (Fsp3) is 0.333. The molecular weight excluding hydrogens is 284 g/mol. The van der Waals surface area contributed by atoms with E-state index in [2.05, 4.69) is 5.32 Å². The molecule has 0 aromatic heterocycles. The summed E-state index contributed by atoms with van der Waals surface area (Å²) < 4.78 is 51.9. The van der Waals surface area contributed by atoms with Crippen LogP contribution >= 0.6 is 0 Å². The monoisotopic (exact) mass is 295 g/mol. The van der Waals surface area contributed by atoms with Crippen LogP contribution in [0, 0.1) is 21.7 Å². The Balaban J connectivity index is 3.19. The van der Waals surface area contributed by atoms with Gasteiger partial charge in [0, 0.05) is 25.2 Å². The molecule has 19 heavy (non-hydrogen) atoms. The summed E-state index contributed by atoms with van der Waals surface area (Å²) in [6.07, 6.45) is 0. The maximum atomic E-state index is 13.4. The van der Waals surface area contributed by atoms with Crippen molar-refractivity contribution in [2.24, 2.45) is 0 Å². The zero-order valence-corrected chi connectivity index (χ0v) is 10.6. The molecule has 2 N–H and O–H groups in total. The summed E-state index contributed by atoms with van der Waals surface area (Å²) in [7, 11) is -2.69. The lowest BCUT2D eigenvalue weighted by Gasteiger charge is -2.07. The Morgan fingerprint density at radius 1 is 1.26 bits per heavy atom. The molecule has 0 heterocycles. The van der Waals surface area contributed by atoms with Crippen LogP contribution in [0.25, 0.3) is 0 Å². The highest BCUT2D eigenvalue weighted by molar-refractivity contribution is 7.89. The lowest BCUT2D eigenvalue weighted by atomic mass is 10.3. The van der Waals surface area contributed by atoms with E-state index in [1.807, 2.05) is 4.72 Å². The minimum atomic E-state index is -4.27. The molecule has 0 saturated heterocycles. The Morgan fingerprint density at radius 2 is 1.89 bits per heavy atom. The van der Waals surface area contributed by atoms with Crippen molar-refractivity contribution in [3.05, 3.63) is 33.9 Å². The van der Waals surface area contributed by atoms with Gasteiger partial charge in [0.15, 0.2) is 0 Å². The van der Waals surface area contributed by atoms with Crippen LogP contribution in [0.5, 0.6) is 0 Å². The van der Waals surface area contributed by atoms with Crippen molar-refractivity contribution in [2.45, 2.75) is 4.90 Å². The summed E-state index contributed by atoms with van der Waals surface area (Å²) >= 11 is 0. The van der Waals surface area contributed by atoms with Crippen LogP contribution in [-0.2, 0) is 10.0 Å². The Kier molecular flexibility index (Phi) is 4.86. The predicted octanol–water partition coefficient (Wildman–Crippen LogP) is 0.371. The molecule has 0 atom stereocenters. The molecule has 10 heteroatoms. The van der Waals surface area contributed by atoms with E-state index >= 15 is 0 Å². The van der Waals surface area contributed by atoms with Gasteiger partial charge in [-0.15, -0.1) is 0 Å². The van der Waals surface area contributed by atoms with Gasteiger partial charge in [-0.3, -0.25) is 10.1 Å². The van der Waals surface area contributed by atoms with Crippen molar-refractivity contribution in [2.75, 3.05) is 20.1 Å². The van der Waals surface area contributed by atoms with Crippen LogP contribution < -0.4 is 10.0 Å². The van der Waals surface area contributed by atoms with Crippen molar-refractivity contribution < 1.29 is 22.1 Å². The molecule has 0 bridgehead atoms. The molecule has 0 aliphatic rings. The fourth-order valence-corrected chi connectivity index (χ4v) is 2.36. The fourth-order valence-electron chi connectivity index (χ4n) is 1.25. The summed E-state index contributed by atoms with van der Waals surface area (Å²) in [5, 5.41) is 13.1. The third-order valence-corrected chi connectivity index (χ3v) is 3.63. The van der Waals surface area contributed by atoms with Crippen LogP contribution in [0.15, 0.2) is 17.0 Å². The molecular formula is C9H11F2N3O4S. The van der Waals surface area contributed by atoms with Gasteiger partial charge >= 0.3 is 5.69 Å². The van der Waals surface area contributed by atoms with E-state index < -0.39 is 37.2 Å². The van der Waals surface area contributed by atoms with Crippen LogP contribution in [0.3, 0.4) is 0 Å². The number of halogens is 2. The summed E-state index contributed by atoms with van der Waals surface area (Å²) in [6.45, 7) is 0.244. The highest BCUT2D eigenvalue weighted by atomic mass is 32.2. The van der Waals surface area contributed by atoms with E-state index in [1.165, 1.54) is 0 Å². The van der Waals surface area contributed by atoms with Gasteiger partial charge in [-0.05, 0) is 7.05 Å². The van der Waals surface area contributed by atoms with Gasteiger partial charge in [0.2, 0.25) is 15.8 Å². The Bertz CT molecular complexity index is 591. The molecule has 0 aliphatic heterocycles. The van der Waals surface area contributed by atoms with Gasteiger partial charge in [-0.25, -0.2) is 17.5 Å². The SMILES string of the molecule is CNCCNS(=O)(=O)c1cc([N+](=O)[O-])c(F)cc1F. The molecule has 106 valence electrons. The Hall–Kier alpha value is -1.65. The first-order valence-corrected chi connectivity index (χ1v) is 6.55. The first-order chi connectivity index (χ1) is 8.79. The maximum absolute atomic E-state index is 13.4. The van der Waals surface area contributed by atoms with E-state index in [9.17, 15) is 27.3 Å². The van der Waals surface area contributed by atoms with E-state index in [0.29, 0.717) is 6.07 Å². The van der Waals surface area contributed by atoms with Crippen LogP contribution in [0.4, 0.5) is 14.5 Å². The second kappa shape index (κ2) is 5.99. The van der Waals surface area contributed by atoms with E-state index in [4.69, 9.17) is 0 Å². The number of hydrogen-bond donors (Lipinski definition) is 2. The number of sulfonamides is 1. The van der Waals surface area contributed by atoms with Crippen LogP contribution in [0.2, 0.25) is 0 Å². The summed E-state index contributed by atoms with van der Waals surface area (Å²) in [4.78, 5) is 8.41. The highest BCUT2D eigenvalue weighted by Crippen LogP contribution is 2.24. The number of nitrogens with zero attached hydrogens (tertiary/aromatic N) is 1. The number of nitrogens with one attached hydrogen (secondary N) is 2. The number of nitro groups is 1. The average Bonchev–Trinajstić information content (AvgIpc) is 2.28. The topological polar surface area (TPSA) is 101 Å².